The lowest BCUT2D eigenvalue weighted by atomic mass is 9.64. The van der Waals surface area contributed by atoms with Gasteiger partial charge in [-0.2, -0.15) is 0 Å². The molecule has 1 aromatic carbocycles. The van der Waals surface area contributed by atoms with E-state index in [4.69, 9.17) is 0 Å². The van der Waals surface area contributed by atoms with E-state index in [1.807, 2.05) is 7.05 Å². The quantitative estimate of drug-likeness (QED) is 0.148. The number of aromatic nitrogens is 3. The highest BCUT2D eigenvalue weighted by Gasteiger charge is 2.38. The number of nitrogens with zero attached hydrogens (tertiary/aromatic N) is 4. The van der Waals surface area contributed by atoms with Gasteiger partial charge in [-0.25, -0.2) is 0 Å². The van der Waals surface area contributed by atoms with Gasteiger partial charge in [0.1, 0.15) is 5.82 Å². The van der Waals surface area contributed by atoms with Crippen molar-refractivity contribution in [3.05, 3.63) is 41.7 Å². The van der Waals surface area contributed by atoms with Crippen molar-refractivity contribution in [1.29, 1.82) is 0 Å². The minimum absolute atomic E-state index is 0. The first-order valence-corrected chi connectivity index (χ1v) is 12.3. The van der Waals surface area contributed by atoms with Gasteiger partial charge in [-0.15, -0.1) is 34.2 Å². The molecule has 1 fully saturated rings. The van der Waals surface area contributed by atoms with Crippen molar-refractivity contribution in [2.45, 2.75) is 63.1 Å². The molecule has 1 heterocycles. The van der Waals surface area contributed by atoms with E-state index in [-0.39, 0.29) is 29.4 Å². The van der Waals surface area contributed by atoms with Gasteiger partial charge >= 0.3 is 0 Å². The number of aliphatic imine (C=N–C) groups is 1. The molecule has 1 aromatic heterocycles. The zero-order chi connectivity index (χ0) is 21.4. The topological polar surface area (TPSA) is 67.1 Å². The number of hydrogen-bond donors (Lipinski definition) is 2. The van der Waals surface area contributed by atoms with Gasteiger partial charge < -0.3 is 15.2 Å². The maximum absolute atomic E-state index is 4.42. The largest absolute Gasteiger partial charge is 0.356 e. The minimum atomic E-state index is 0. The Morgan fingerprint density at radius 3 is 2.52 bits per heavy atom. The Balaban J connectivity index is 0.00000341. The summed E-state index contributed by atoms with van der Waals surface area (Å²) in [6, 6.07) is 10.9. The fourth-order valence-electron chi connectivity index (χ4n) is 4.09. The molecule has 1 aliphatic rings. The van der Waals surface area contributed by atoms with Crippen LogP contribution < -0.4 is 10.6 Å². The molecule has 31 heavy (non-hydrogen) atoms. The van der Waals surface area contributed by atoms with Crippen molar-refractivity contribution in [3.8, 4) is 0 Å². The van der Waals surface area contributed by atoms with Gasteiger partial charge in [0.25, 0.3) is 0 Å². The van der Waals surface area contributed by atoms with E-state index in [9.17, 15) is 0 Å². The Morgan fingerprint density at radius 2 is 1.94 bits per heavy atom. The van der Waals surface area contributed by atoms with Crippen LogP contribution >= 0.6 is 35.7 Å². The number of nitrogens with one attached hydrogen (secondary N) is 2. The van der Waals surface area contributed by atoms with E-state index in [2.05, 4.69) is 80.8 Å². The van der Waals surface area contributed by atoms with Crippen LogP contribution in [0.15, 0.2) is 40.5 Å². The Kier molecular flexibility index (Phi) is 10.6. The van der Waals surface area contributed by atoms with Crippen molar-refractivity contribution >= 4 is 41.7 Å². The van der Waals surface area contributed by atoms with E-state index in [1.165, 1.54) is 24.8 Å². The molecule has 2 N–H and O–H groups in total. The first-order valence-electron chi connectivity index (χ1n) is 11.0. The number of halogens is 1. The molecule has 8 heteroatoms. The van der Waals surface area contributed by atoms with Crippen molar-refractivity contribution in [1.82, 2.24) is 25.4 Å². The van der Waals surface area contributed by atoms with Crippen LogP contribution in [0.2, 0.25) is 0 Å². The van der Waals surface area contributed by atoms with E-state index in [1.54, 1.807) is 11.8 Å². The smallest absolute Gasteiger partial charge is 0.191 e. The summed E-state index contributed by atoms with van der Waals surface area (Å²) in [6.45, 7) is 7.22. The van der Waals surface area contributed by atoms with Gasteiger partial charge in [0.2, 0.25) is 0 Å². The zero-order valence-electron chi connectivity index (χ0n) is 19.2. The number of rotatable bonds is 10. The average molecular weight is 557 g/mol. The number of thioether (sulfide) groups is 1. The van der Waals surface area contributed by atoms with Crippen LogP contribution in [-0.2, 0) is 18.4 Å². The van der Waals surface area contributed by atoms with Crippen molar-refractivity contribution in [2.24, 2.45) is 10.9 Å². The van der Waals surface area contributed by atoms with Crippen LogP contribution in [0.5, 0.6) is 0 Å². The molecular formula is C23H37IN6S. The summed E-state index contributed by atoms with van der Waals surface area (Å²) in [5.41, 5.74) is 1.69. The summed E-state index contributed by atoms with van der Waals surface area (Å²) >= 11 is 1.67. The lowest BCUT2D eigenvalue weighted by Gasteiger charge is -2.43. The molecule has 1 aliphatic carbocycles. The summed E-state index contributed by atoms with van der Waals surface area (Å²) in [5, 5.41) is 16.8. The van der Waals surface area contributed by atoms with Crippen molar-refractivity contribution < 1.29 is 0 Å². The molecule has 0 amide bonds. The molecule has 0 atom stereocenters. The molecular weight excluding hydrogens is 519 g/mol. The molecule has 0 aliphatic heterocycles. The normalized spacial score (nSPS) is 15.3. The van der Waals surface area contributed by atoms with E-state index >= 15 is 0 Å². The van der Waals surface area contributed by atoms with Gasteiger partial charge in [0, 0.05) is 38.5 Å². The standard InChI is InChI=1S/C23H36N6S.HI/c1-18(2)16-29-20(27-28-22(29)30-4)12-8-15-25-21(24-3)26-17-23(13-9-14-23)19-10-6-5-7-11-19;/h5-7,10-11,18H,8-9,12-17H2,1-4H3,(H2,24,25,26);1H. The van der Waals surface area contributed by atoms with E-state index in [0.29, 0.717) is 5.92 Å². The Labute approximate surface area is 208 Å². The molecule has 0 radical (unpaired) electrons. The SMILES string of the molecule is CN=C(NCCCc1nnc(SC)n1CC(C)C)NCC1(c2ccccc2)CCC1.I. The van der Waals surface area contributed by atoms with Gasteiger partial charge in [-0.1, -0.05) is 62.4 Å². The summed E-state index contributed by atoms with van der Waals surface area (Å²) in [6.07, 6.45) is 7.76. The second-order valence-electron chi connectivity index (χ2n) is 8.56. The summed E-state index contributed by atoms with van der Waals surface area (Å²) in [4.78, 5) is 4.42. The molecule has 6 nitrogen and oxygen atoms in total. The Morgan fingerprint density at radius 1 is 1.19 bits per heavy atom. The maximum Gasteiger partial charge on any atom is 0.191 e. The minimum Gasteiger partial charge on any atom is -0.356 e. The molecule has 3 rings (SSSR count). The first-order chi connectivity index (χ1) is 14.6. The van der Waals surface area contributed by atoms with Gasteiger partial charge in [-0.05, 0) is 37.0 Å². The molecule has 0 spiro atoms. The highest BCUT2D eigenvalue weighted by atomic mass is 127. The average Bonchev–Trinajstić information content (AvgIpc) is 3.10. The van der Waals surface area contributed by atoms with Crippen LogP contribution in [0.1, 0.15) is 50.9 Å². The third kappa shape index (κ3) is 6.84. The molecule has 1 saturated carbocycles. The first kappa shape index (κ1) is 26.0. The van der Waals surface area contributed by atoms with Gasteiger partial charge in [-0.3, -0.25) is 4.99 Å². The summed E-state index contributed by atoms with van der Waals surface area (Å²) < 4.78 is 2.27. The number of aryl methyl sites for hydroxylation is 1. The highest BCUT2D eigenvalue weighted by molar-refractivity contribution is 14.0. The fourth-order valence-corrected chi connectivity index (χ4v) is 4.62. The molecule has 172 valence electrons. The van der Waals surface area contributed by atoms with Crippen LogP contribution in [0.4, 0.5) is 0 Å². The highest BCUT2D eigenvalue weighted by Crippen LogP contribution is 2.43. The zero-order valence-corrected chi connectivity index (χ0v) is 22.4. The van der Waals surface area contributed by atoms with Crippen LogP contribution in [0, 0.1) is 5.92 Å². The molecule has 0 saturated heterocycles. The fraction of sp³-hybridized carbons (Fsp3) is 0.609. The van der Waals surface area contributed by atoms with Gasteiger partial charge in [0.05, 0.1) is 0 Å². The molecule has 0 bridgehead atoms. The monoisotopic (exact) mass is 556 g/mol. The lowest BCUT2D eigenvalue weighted by Crippen LogP contribution is -2.49. The number of guanidine groups is 1. The summed E-state index contributed by atoms with van der Waals surface area (Å²) in [5.74, 6) is 2.54. The van der Waals surface area contributed by atoms with E-state index < -0.39 is 0 Å². The van der Waals surface area contributed by atoms with Crippen LogP contribution in [0.25, 0.3) is 0 Å². The van der Waals surface area contributed by atoms with E-state index in [0.717, 1.165) is 49.4 Å². The summed E-state index contributed by atoms with van der Waals surface area (Å²) in [7, 11) is 1.84. The second-order valence-corrected chi connectivity index (χ2v) is 9.34. The number of hydrogen-bond acceptors (Lipinski definition) is 4. The molecule has 0 unspecified atom stereocenters. The second kappa shape index (κ2) is 12.7. The number of benzene rings is 1. The lowest BCUT2D eigenvalue weighted by molar-refractivity contribution is 0.244. The van der Waals surface area contributed by atoms with Gasteiger partial charge in [0.15, 0.2) is 11.1 Å². The predicted octanol–water partition coefficient (Wildman–Crippen LogP) is 4.49. The van der Waals surface area contributed by atoms with Crippen molar-refractivity contribution in [2.75, 3.05) is 26.4 Å². The predicted molar refractivity (Wildman–Crippen MR) is 142 cm³/mol. The van der Waals surface area contributed by atoms with Crippen LogP contribution in [0.3, 0.4) is 0 Å². The van der Waals surface area contributed by atoms with Crippen molar-refractivity contribution in [3.63, 3.8) is 0 Å². The Bertz CT molecular complexity index is 817. The maximum atomic E-state index is 4.42. The Hall–Kier alpha value is -1.29. The molecule has 2 aromatic rings. The van der Waals surface area contributed by atoms with Crippen LogP contribution in [-0.4, -0.2) is 47.1 Å². The third-order valence-electron chi connectivity index (χ3n) is 5.91. The third-order valence-corrected chi connectivity index (χ3v) is 6.58.